The second-order valence-electron chi connectivity index (χ2n) is 8.59. The molecule has 3 aromatic heterocycles. The monoisotopic (exact) mass is 412 g/mol. The first-order chi connectivity index (χ1) is 15.1. The number of hydrogen-bond donors (Lipinski definition) is 0. The van der Waals surface area contributed by atoms with E-state index in [0.717, 1.165) is 54.3 Å². The summed E-state index contributed by atoms with van der Waals surface area (Å²) >= 11 is 0. The number of benzene rings is 1. The molecule has 0 saturated carbocycles. The molecule has 1 aromatic carbocycles. The minimum atomic E-state index is 0.210. The topological polar surface area (TPSA) is 49.6 Å². The Morgan fingerprint density at radius 1 is 0.935 bits per heavy atom. The molecule has 158 valence electrons. The van der Waals surface area contributed by atoms with Crippen molar-refractivity contribution < 1.29 is 0 Å². The van der Waals surface area contributed by atoms with Gasteiger partial charge in [-0.1, -0.05) is 47.2 Å². The first kappa shape index (κ1) is 19.8. The third kappa shape index (κ3) is 4.09. The van der Waals surface area contributed by atoms with Crippen LogP contribution in [0.4, 0.5) is 0 Å². The van der Waals surface area contributed by atoms with Crippen LogP contribution in [0.5, 0.6) is 0 Å². The van der Waals surface area contributed by atoms with E-state index >= 15 is 0 Å². The molecule has 0 aliphatic carbocycles. The third-order valence-corrected chi connectivity index (χ3v) is 6.20. The van der Waals surface area contributed by atoms with Crippen LogP contribution in [0.2, 0.25) is 0 Å². The summed E-state index contributed by atoms with van der Waals surface area (Å²) in [5.41, 5.74) is 7.90. The van der Waals surface area contributed by atoms with Gasteiger partial charge in [0.25, 0.3) is 0 Å². The van der Waals surface area contributed by atoms with Crippen molar-refractivity contribution in [2.45, 2.75) is 26.4 Å². The van der Waals surface area contributed by atoms with Crippen LogP contribution in [0.25, 0.3) is 16.6 Å². The standard InChI is InChI=1S/C25H28N6/c1-18-7-9-20(10-8-18)21-11-12-23-25(27-28-31(23)15-21)24-17-30(14-13-29(24)3)16-22-6-4-5-19(2)26-22/h4-12,15,24H,13-14,16-17H2,1-3H3/t24-/m0/s1. The predicted octanol–water partition coefficient (Wildman–Crippen LogP) is 3.90. The highest BCUT2D eigenvalue weighted by Gasteiger charge is 2.29. The van der Waals surface area contributed by atoms with Crippen molar-refractivity contribution in [3.05, 3.63) is 83.4 Å². The van der Waals surface area contributed by atoms with E-state index in [-0.39, 0.29) is 6.04 Å². The highest BCUT2D eigenvalue weighted by molar-refractivity contribution is 5.66. The molecular weight excluding hydrogens is 384 g/mol. The SMILES string of the molecule is Cc1ccc(-c2ccc3c([C@@H]4CN(Cc5cccc(C)n5)CCN4C)nnn3c2)cc1. The highest BCUT2D eigenvalue weighted by atomic mass is 15.4. The summed E-state index contributed by atoms with van der Waals surface area (Å²) in [7, 11) is 2.18. The Kier molecular flexibility index (Phi) is 5.26. The normalized spacial score (nSPS) is 18.0. The van der Waals surface area contributed by atoms with Gasteiger partial charge in [-0.05, 0) is 44.7 Å². The predicted molar refractivity (Wildman–Crippen MR) is 123 cm³/mol. The van der Waals surface area contributed by atoms with E-state index in [2.05, 4.69) is 93.8 Å². The van der Waals surface area contributed by atoms with Crippen molar-refractivity contribution in [3.8, 4) is 11.1 Å². The Morgan fingerprint density at radius 3 is 2.55 bits per heavy atom. The van der Waals surface area contributed by atoms with Gasteiger partial charge in [0.2, 0.25) is 0 Å². The van der Waals surface area contributed by atoms with Crippen LogP contribution in [-0.4, -0.2) is 56.3 Å². The zero-order valence-electron chi connectivity index (χ0n) is 18.4. The van der Waals surface area contributed by atoms with Crippen molar-refractivity contribution >= 4 is 5.52 Å². The van der Waals surface area contributed by atoms with E-state index in [1.54, 1.807) is 0 Å². The van der Waals surface area contributed by atoms with Gasteiger partial charge < -0.3 is 0 Å². The molecule has 1 atom stereocenters. The zero-order chi connectivity index (χ0) is 21.4. The van der Waals surface area contributed by atoms with E-state index in [4.69, 9.17) is 0 Å². The van der Waals surface area contributed by atoms with E-state index < -0.39 is 0 Å². The molecule has 0 radical (unpaired) electrons. The van der Waals surface area contributed by atoms with Gasteiger partial charge >= 0.3 is 0 Å². The van der Waals surface area contributed by atoms with E-state index in [1.807, 2.05) is 17.5 Å². The van der Waals surface area contributed by atoms with Crippen molar-refractivity contribution in [2.75, 3.05) is 26.7 Å². The fraction of sp³-hybridized carbons (Fsp3) is 0.320. The first-order valence-electron chi connectivity index (χ1n) is 10.8. The third-order valence-electron chi connectivity index (χ3n) is 6.20. The molecule has 6 nitrogen and oxygen atoms in total. The smallest absolute Gasteiger partial charge is 0.109 e. The summed E-state index contributed by atoms with van der Waals surface area (Å²) in [6.45, 7) is 7.96. The average Bonchev–Trinajstić information content (AvgIpc) is 3.19. The van der Waals surface area contributed by atoms with Crippen LogP contribution in [0.3, 0.4) is 0 Å². The lowest BCUT2D eigenvalue weighted by Gasteiger charge is -2.38. The molecule has 1 fully saturated rings. The Bertz CT molecular complexity index is 1200. The summed E-state index contributed by atoms with van der Waals surface area (Å²) in [5.74, 6) is 0. The molecule has 4 aromatic rings. The molecule has 4 heterocycles. The largest absolute Gasteiger partial charge is 0.295 e. The van der Waals surface area contributed by atoms with Crippen LogP contribution >= 0.6 is 0 Å². The van der Waals surface area contributed by atoms with Crippen LogP contribution in [-0.2, 0) is 6.54 Å². The molecule has 31 heavy (non-hydrogen) atoms. The van der Waals surface area contributed by atoms with Gasteiger partial charge in [-0.15, -0.1) is 5.10 Å². The lowest BCUT2D eigenvalue weighted by Crippen LogP contribution is -2.46. The Hall–Kier alpha value is -3.09. The van der Waals surface area contributed by atoms with Gasteiger partial charge in [0.05, 0.1) is 17.3 Å². The lowest BCUT2D eigenvalue weighted by atomic mass is 10.0. The maximum absolute atomic E-state index is 4.68. The number of likely N-dealkylation sites (N-methyl/N-ethyl adjacent to an activating group) is 1. The molecule has 0 bridgehead atoms. The van der Waals surface area contributed by atoms with E-state index in [0.29, 0.717) is 0 Å². The molecule has 5 rings (SSSR count). The summed E-state index contributed by atoms with van der Waals surface area (Å²) in [5, 5.41) is 9.06. The zero-order valence-corrected chi connectivity index (χ0v) is 18.4. The minimum Gasteiger partial charge on any atom is -0.295 e. The van der Waals surface area contributed by atoms with Gasteiger partial charge in [0, 0.05) is 43.6 Å². The number of hydrogen-bond acceptors (Lipinski definition) is 5. The maximum Gasteiger partial charge on any atom is 0.109 e. The fourth-order valence-corrected chi connectivity index (χ4v) is 4.35. The maximum atomic E-state index is 4.68. The number of aryl methyl sites for hydroxylation is 2. The fourth-order valence-electron chi connectivity index (χ4n) is 4.35. The van der Waals surface area contributed by atoms with Crippen molar-refractivity contribution in [2.24, 2.45) is 0 Å². The lowest BCUT2D eigenvalue weighted by molar-refractivity contribution is 0.0880. The van der Waals surface area contributed by atoms with E-state index in [1.165, 1.54) is 11.1 Å². The van der Waals surface area contributed by atoms with Crippen LogP contribution in [0.15, 0.2) is 60.8 Å². The quantitative estimate of drug-likeness (QED) is 0.509. The van der Waals surface area contributed by atoms with Gasteiger partial charge in [0.1, 0.15) is 5.69 Å². The molecule has 0 N–H and O–H groups in total. The van der Waals surface area contributed by atoms with Crippen molar-refractivity contribution in [1.82, 2.24) is 29.6 Å². The second-order valence-corrected chi connectivity index (χ2v) is 8.59. The highest BCUT2D eigenvalue weighted by Crippen LogP contribution is 2.28. The van der Waals surface area contributed by atoms with Crippen molar-refractivity contribution in [3.63, 3.8) is 0 Å². The Morgan fingerprint density at radius 2 is 1.74 bits per heavy atom. The average molecular weight is 413 g/mol. The molecule has 6 heteroatoms. The Balaban J connectivity index is 1.40. The number of fused-ring (bicyclic) bond motifs is 1. The number of nitrogens with zero attached hydrogens (tertiary/aromatic N) is 6. The molecule has 0 spiro atoms. The molecule has 1 aliphatic heterocycles. The number of pyridine rings is 2. The van der Waals surface area contributed by atoms with Crippen LogP contribution < -0.4 is 0 Å². The summed E-state index contributed by atoms with van der Waals surface area (Å²) in [6, 6.07) is 19.4. The summed E-state index contributed by atoms with van der Waals surface area (Å²) in [4.78, 5) is 9.54. The second kappa shape index (κ2) is 8.21. The van der Waals surface area contributed by atoms with E-state index in [9.17, 15) is 0 Å². The number of piperazine rings is 1. The molecule has 0 unspecified atom stereocenters. The first-order valence-corrected chi connectivity index (χ1v) is 10.8. The van der Waals surface area contributed by atoms with Crippen LogP contribution in [0, 0.1) is 13.8 Å². The molecule has 0 amide bonds. The molecule has 1 aliphatic rings. The van der Waals surface area contributed by atoms with Gasteiger partial charge in [-0.25, -0.2) is 4.52 Å². The minimum absolute atomic E-state index is 0.210. The Labute approximate surface area is 183 Å². The number of rotatable bonds is 4. The molecular formula is C25H28N6. The van der Waals surface area contributed by atoms with Gasteiger partial charge in [0.15, 0.2) is 0 Å². The van der Waals surface area contributed by atoms with Crippen molar-refractivity contribution in [1.29, 1.82) is 0 Å². The summed E-state index contributed by atoms with van der Waals surface area (Å²) < 4.78 is 1.92. The van der Waals surface area contributed by atoms with Gasteiger partial charge in [-0.2, -0.15) is 0 Å². The van der Waals surface area contributed by atoms with Crippen LogP contribution in [0.1, 0.15) is 28.7 Å². The van der Waals surface area contributed by atoms with Gasteiger partial charge in [-0.3, -0.25) is 14.8 Å². The molecule has 1 saturated heterocycles. The number of aromatic nitrogens is 4. The summed E-state index contributed by atoms with van der Waals surface area (Å²) in [6.07, 6.45) is 2.08.